The highest BCUT2D eigenvalue weighted by atomic mass is 79.9. The van der Waals surface area contributed by atoms with Gasteiger partial charge in [-0.25, -0.2) is 0 Å². The SMILES string of the molecule is COc1cnc(CBr)cc1-c1ccccc1. The van der Waals surface area contributed by atoms with E-state index in [1.54, 1.807) is 13.3 Å². The van der Waals surface area contributed by atoms with Gasteiger partial charge in [0.05, 0.1) is 19.0 Å². The van der Waals surface area contributed by atoms with E-state index in [1.165, 1.54) is 0 Å². The number of rotatable bonds is 3. The van der Waals surface area contributed by atoms with Gasteiger partial charge in [-0.3, -0.25) is 4.98 Å². The summed E-state index contributed by atoms with van der Waals surface area (Å²) in [5.74, 6) is 0.802. The van der Waals surface area contributed by atoms with Gasteiger partial charge in [0.2, 0.25) is 0 Å². The molecule has 0 aliphatic heterocycles. The Kier molecular flexibility index (Phi) is 3.57. The van der Waals surface area contributed by atoms with Gasteiger partial charge < -0.3 is 4.74 Å². The zero-order valence-electron chi connectivity index (χ0n) is 8.98. The fourth-order valence-electron chi connectivity index (χ4n) is 1.57. The van der Waals surface area contributed by atoms with E-state index in [1.807, 2.05) is 24.3 Å². The maximum Gasteiger partial charge on any atom is 0.144 e. The summed E-state index contributed by atoms with van der Waals surface area (Å²) in [5, 5.41) is 0.747. The average molecular weight is 278 g/mol. The molecule has 82 valence electrons. The monoisotopic (exact) mass is 277 g/mol. The fourth-order valence-corrected chi connectivity index (χ4v) is 1.87. The summed E-state index contributed by atoms with van der Waals surface area (Å²) in [7, 11) is 1.66. The zero-order valence-corrected chi connectivity index (χ0v) is 10.6. The Bertz CT molecular complexity index is 471. The number of pyridine rings is 1. The second-order valence-corrected chi connectivity index (χ2v) is 3.94. The van der Waals surface area contributed by atoms with Crippen LogP contribution < -0.4 is 4.74 Å². The van der Waals surface area contributed by atoms with Gasteiger partial charge >= 0.3 is 0 Å². The van der Waals surface area contributed by atoms with Crippen molar-refractivity contribution in [1.82, 2.24) is 4.98 Å². The van der Waals surface area contributed by atoms with Gasteiger partial charge in [-0.05, 0) is 11.6 Å². The van der Waals surface area contributed by atoms with Crippen molar-refractivity contribution >= 4 is 15.9 Å². The summed E-state index contributed by atoms with van der Waals surface area (Å²) >= 11 is 3.41. The molecule has 3 heteroatoms. The van der Waals surface area contributed by atoms with Crippen LogP contribution in [-0.4, -0.2) is 12.1 Å². The van der Waals surface area contributed by atoms with E-state index in [2.05, 4.69) is 33.0 Å². The molecule has 0 spiro atoms. The van der Waals surface area contributed by atoms with E-state index in [4.69, 9.17) is 4.74 Å². The molecule has 2 rings (SSSR count). The molecule has 0 radical (unpaired) electrons. The standard InChI is InChI=1S/C13H12BrNO/c1-16-13-9-15-11(8-14)7-12(13)10-5-3-2-4-6-10/h2-7,9H,8H2,1H3. The van der Waals surface area contributed by atoms with Crippen molar-refractivity contribution in [2.45, 2.75) is 5.33 Å². The molecule has 1 aromatic carbocycles. The maximum atomic E-state index is 5.32. The molecule has 0 unspecified atom stereocenters. The minimum absolute atomic E-state index is 0.747. The van der Waals surface area contributed by atoms with Crippen molar-refractivity contribution < 1.29 is 4.74 Å². The van der Waals surface area contributed by atoms with Gasteiger partial charge in [0, 0.05) is 10.9 Å². The van der Waals surface area contributed by atoms with Crippen molar-refractivity contribution in [1.29, 1.82) is 0 Å². The van der Waals surface area contributed by atoms with Crippen LogP contribution in [0.5, 0.6) is 5.75 Å². The molecular formula is C13H12BrNO. The Hall–Kier alpha value is -1.35. The summed E-state index contributed by atoms with van der Waals surface area (Å²) in [6.45, 7) is 0. The van der Waals surface area contributed by atoms with Crippen molar-refractivity contribution in [3.05, 3.63) is 48.3 Å². The molecule has 1 aromatic heterocycles. The quantitative estimate of drug-likeness (QED) is 0.799. The van der Waals surface area contributed by atoms with Crippen LogP contribution >= 0.6 is 15.9 Å². The van der Waals surface area contributed by atoms with Crippen LogP contribution in [-0.2, 0) is 5.33 Å². The molecule has 2 nitrogen and oxygen atoms in total. The van der Waals surface area contributed by atoms with Gasteiger partial charge in [0.15, 0.2) is 0 Å². The number of methoxy groups -OCH3 is 1. The van der Waals surface area contributed by atoms with E-state index >= 15 is 0 Å². The first-order chi connectivity index (χ1) is 7.85. The zero-order chi connectivity index (χ0) is 11.4. The van der Waals surface area contributed by atoms with Gasteiger partial charge in [0.25, 0.3) is 0 Å². The molecule has 0 saturated carbocycles. The fraction of sp³-hybridized carbons (Fsp3) is 0.154. The molecule has 2 aromatic rings. The Morgan fingerprint density at radius 3 is 2.62 bits per heavy atom. The summed E-state index contributed by atoms with van der Waals surface area (Å²) in [6, 6.07) is 12.2. The highest BCUT2D eigenvalue weighted by Gasteiger charge is 2.06. The Morgan fingerprint density at radius 1 is 1.25 bits per heavy atom. The summed E-state index contributed by atoms with van der Waals surface area (Å²) in [6.07, 6.45) is 1.76. The number of ether oxygens (including phenoxy) is 1. The Balaban J connectivity index is 2.53. The van der Waals surface area contributed by atoms with Crippen LogP contribution in [0.2, 0.25) is 0 Å². The summed E-state index contributed by atoms with van der Waals surface area (Å²) in [5.41, 5.74) is 3.22. The molecule has 0 atom stereocenters. The maximum absolute atomic E-state index is 5.32. The highest BCUT2D eigenvalue weighted by Crippen LogP contribution is 2.29. The van der Waals surface area contributed by atoms with E-state index < -0.39 is 0 Å². The van der Waals surface area contributed by atoms with Crippen molar-refractivity contribution in [2.24, 2.45) is 0 Å². The lowest BCUT2D eigenvalue weighted by Gasteiger charge is -2.09. The molecule has 0 aliphatic carbocycles. The van der Waals surface area contributed by atoms with Crippen molar-refractivity contribution in [3.8, 4) is 16.9 Å². The number of benzene rings is 1. The summed E-state index contributed by atoms with van der Waals surface area (Å²) in [4.78, 5) is 4.28. The number of halogens is 1. The average Bonchev–Trinajstić information content (AvgIpc) is 2.39. The number of hydrogen-bond acceptors (Lipinski definition) is 2. The predicted molar refractivity (Wildman–Crippen MR) is 68.9 cm³/mol. The molecule has 0 bridgehead atoms. The lowest BCUT2D eigenvalue weighted by molar-refractivity contribution is 0.414. The predicted octanol–water partition coefficient (Wildman–Crippen LogP) is 3.65. The normalized spacial score (nSPS) is 10.1. The van der Waals surface area contributed by atoms with Gasteiger partial charge in [-0.15, -0.1) is 0 Å². The third-order valence-corrected chi connectivity index (χ3v) is 2.94. The lowest BCUT2D eigenvalue weighted by atomic mass is 10.1. The largest absolute Gasteiger partial charge is 0.494 e. The molecular weight excluding hydrogens is 266 g/mol. The van der Waals surface area contributed by atoms with E-state index in [9.17, 15) is 0 Å². The summed E-state index contributed by atoms with van der Waals surface area (Å²) < 4.78 is 5.32. The van der Waals surface area contributed by atoms with E-state index in [-0.39, 0.29) is 0 Å². The molecule has 0 saturated heterocycles. The number of aromatic nitrogens is 1. The van der Waals surface area contributed by atoms with Crippen LogP contribution in [0.25, 0.3) is 11.1 Å². The minimum atomic E-state index is 0.747. The van der Waals surface area contributed by atoms with Gasteiger partial charge in [0.1, 0.15) is 5.75 Å². The Morgan fingerprint density at radius 2 is 2.00 bits per heavy atom. The molecule has 0 amide bonds. The molecule has 0 fully saturated rings. The van der Waals surface area contributed by atoms with Crippen LogP contribution in [0.4, 0.5) is 0 Å². The molecule has 16 heavy (non-hydrogen) atoms. The minimum Gasteiger partial charge on any atom is -0.494 e. The van der Waals surface area contributed by atoms with Gasteiger partial charge in [-0.2, -0.15) is 0 Å². The lowest BCUT2D eigenvalue weighted by Crippen LogP contribution is -1.92. The molecule has 0 aliphatic rings. The van der Waals surface area contributed by atoms with Crippen LogP contribution in [0, 0.1) is 0 Å². The number of alkyl halides is 1. The van der Waals surface area contributed by atoms with E-state index in [0.29, 0.717) is 0 Å². The third kappa shape index (κ3) is 2.25. The second-order valence-electron chi connectivity index (χ2n) is 3.38. The second kappa shape index (κ2) is 5.12. The Labute approximate surface area is 103 Å². The highest BCUT2D eigenvalue weighted by molar-refractivity contribution is 9.08. The van der Waals surface area contributed by atoms with Crippen molar-refractivity contribution in [3.63, 3.8) is 0 Å². The number of hydrogen-bond donors (Lipinski definition) is 0. The van der Waals surface area contributed by atoms with Crippen LogP contribution in [0.1, 0.15) is 5.69 Å². The smallest absolute Gasteiger partial charge is 0.144 e. The van der Waals surface area contributed by atoms with Crippen LogP contribution in [0.15, 0.2) is 42.6 Å². The van der Waals surface area contributed by atoms with E-state index in [0.717, 1.165) is 27.9 Å². The molecule has 1 heterocycles. The third-order valence-electron chi connectivity index (χ3n) is 2.37. The first-order valence-corrected chi connectivity index (χ1v) is 6.11. The topological polar surface area (TPSA) is 22.1 Å². The first-order valence-electron chi connectivity index (χ1n) is 4.99. The number of nitrogens with zero attached hydrogens (tertiary/aromatic N) is 1. The first kappa shape index (κ1) is 11.1. The van der Waals surface area contributed by atoms with Gasteiger partial charge in [-0.1, -0.05) is 46.3 Å². The van der Waals surface area contributed by atoms with Crippen LogP contribution in [0.3, 0.4) is 0 Å². The molecule has 0 N–H and O–H groups in total. The van der Waals surface area contributed by atoms with Crippen molar-refractivity contribution in [2.75, 3.05) is 7.11 Å².